The van der Waals surface area contributed by atoms with E-state index < -0.39 is 11.6 Å². The first kappa shape index (κ1) is 23.4. The molecule has 29 heavy (non-hydrogen) atoms. The summed E-state index contributed by atoms with van der Waals surface area (Å²) in [4.78, 5) is 23.7. The van der Waals surface area contributed by atoms with Gasteiger partial charge in [-0.15, -0.1) is 0 Å². The van der Waals surface area contributed by atoms with E-state index in [1.54, 1.807) is 0 Å². The van der Waals surface area contributed by atoms with Crippen molar-refractivity contribution in [2.75, 3.05) is 0 Å². The second kappa shape index (κ2) is 9.77. The van der Waals surface area contributed by atoms with Gasteiger partial charge in [0.15, 0.2) is 0 Å². The molecule has 3 atom stereocenters. The molecule has 0 saturated carbocycles. The van der Waals surface area contributed by atoms with Gasteiger partial charge < -0.3 is 14.4 Å². The standard InChI is InChI=1S/C23H37NO5/c1-14(2)7-9-16-10-8-15(3)20-21(24-29-22(16)20)17(11-12-18(25)26)13-19(27)28-23(4,5)6/h14-17H,7-13H2,1-6H3,(H,25,26)/t15?,16?,17-/m0/s1. The van der Waals surface area contributed by atoms with E-state index in [-0.39, 0.29) is 24.7 Å². The number of carboxylic acids is 1. The van der Waals surface area contributed by atoms with Crippen molar-refractivity contribution in [3.8, 4) is 0 Å². The largest absolute Gasteiger partial charge is 0.481 e. The van der Waals surface area contributed by atoms with Crippen LogP contribution in [0.3, 0.4) is 0 Å². The first-order chi connectivity index (χ1) is 13.5. The summed E-state index contributed by atoms with van der Waals surface area (Å²) in [5.74, 6) is 0.724. The monoisotopic (exact) mass is 407 g/mol. The van der Waals surface area contributed by atoms with Gasteiger partial charge in [0.25, 0.3) is 0 Å². The molecular formula is C23H37NO5. The number of aliphatic carboxylic acids is 1. The highest BCUT2D eigenvalue weighted by Crippen LogP contribution is 2.45. The molecule has 0 spiro atoms. The molecule has 1 heterocycles. The predicted octanol–water partition coefficient (Wildman–Crippen LogP) is 5.77. The minimum atomic E-state index is -0.876. The maximum atomic E-state index is 12.5. The molecule has 0 fully saturated rings. The van der Waals surface area contributed by atoms with Crippen LogP contribution >= 0.6 is 0 Å². The summed E-state index contributed by atoms with van der Waals surface area (Å²) >= 11 is 0. The molecule has 2 unspecified atom stereocenters. The Morgan fingerprint density at radius 2 is 1.93 bits per heavy atom. The van der Waals surface area contributed by atoms with Crippen molar-refractivity contribution in [1.82, 2.24) is 5.16 Å². The van der Waals surface area contributed by atoms with Gasteiger partial charge in [0.05, 0.1) is 12.1 Å². The third kappa shape index (κ3) is 6.86. The summed E-state index contributed by atoms with van der Waals surface area (Å²) in [7, 11) is 0. The SMILES string of the molecule is CC(C)CCC1CCC(C)c2c([C@@H](CCC(=O)O)CC(=O)OC(C)(C)C)noc21. The van der Waals surface area contributed by atoms with Crippen molar-refractivity contribution in [3.05, 3.63) is 17.0 Å². The maximum absolute atomic E-state index is 12.5. The Morgan fingerprint density at radius 1 is 1.24 bits per heavy atom. The summed E-state index contributed by atoms with van der Waals surface area (Å²) in [5.41, 5.74) is 1.28. The van der Waals surface area contributed by atoms with Crippen LogP contribution in [0.15, 0.2) is 4.52 Å². The number of esters is 1. The summed E-state index contributed by atoms with van der Waals surface area (Å²) in [6.45, 7) is 12.1. The number of rotatable bonds is 9. The third-order valence-corrected chi connectivity index (χ3v) is 5.61. The van der Waals surface area contributed by atoms with E-state index in [2.05, 4.69) is 25.9 Å². The zero-order valence-corrected chi connectivity index (χ0v) is 18.8. The smallest absolute Gasteiger partial charge is 0.306 e. The summed E-state index contributed by atoms with van der Waals surface area (Å²) in [6, 6.07) is 0. The van der Waals surface area contributed by atoms with Gasteiger partial charge in [0, 0.05) is 23.8 Å². The molecule has 0 aliphatic heterocycles. The molecule has 2 rings (SSSR count). The molecule has 6 heteroatoms. The van der Waals surface area contributed by atoms with Crippen LogP contribution in [0.4, 0.5) is 0 Å². The van der Waals surface area contributed by atoms with Crippen LogP contribution in [0.2, 0.25) is 0 Å². The zero-order valence-electron chi connectivity index (χ0n) is 18.8. The van der Waals surface area contributed by atoms with Crippen molar-refractivity contribution in [1.29, 1.82) is 0 Å². The highest BCUT2D eigenvalue weighted by Gasteiger charge is 2.35. The summed E-state index contributed by atoms with van der Waals surface area (Å²) in [5, 5.41) is 13.6. The van der Waals surface area contributed by atoms with Gasteiger partial charge in [-0.3, -0.25) is 9.59 Å². The minimum Gasteiger partial charge on any atom is -0.481 e. The number of nitrogens with zero attached hydrogens (tertiary/aromatic N) is 1. The lowest BCUT2D eigenvalue weighted by atomic mass is 9.76. The molecule has 0 saturated heterocycles. The number of hydrogen-bond donors (Lipinski definition) is 1. The summed E-state index contributed by atoms with van der Waals surface area (Å²) in [6.07, 6.45) is 4.79. The summed E-state index contributed by atoms with van der Waals surface area (Å²) < 4.78 is 11.3. The number of carbonyl (C=O) groups is 2. The van der Waals surface area contributed by atoms with E-state index in [0.29, 0.717) is 24.2 Å². The number of ether oxygens (including phenoxy) is 1. The number of carboxylic acid groups (broad SMARTS) is 1. The molecule has 164 valence electrons. The highest BCUT2D eigenvalue weighted by molar-refractivity contribution is 5.71. The van der Waals surface area contributed by atoms with Crippen LogP contribution in [0.1, 0.15) is 121 Å². The second-order valence-corrected chi connectivity index (χ2v) is 9.91. The molecule has 0 amide bonds. The van der Waals surface area contributed by atoms with E-state index >= 15 is 0 Å². The van der Waals surface area contributed by atoms with Crippen LogP contribution in [0.5, 0.6) is 0 Å². The van der Waals surface area contributed by atoms with Crippen molar-refractivity contribution < 1.29 is 24.0 Å². The maximum Gasteiger partial charge on any atom is 0.306 e. The van der Waals surface area contributed by atoms with E-state index in [1.807, 2.05) is 20.8 Å². The quantitative estimate of drug-likeness (QED) is 0.523. The molecular weight excluding hydrogens is 370 g/mol. The Balaban J connectivity index is 2.28. The first-order valence-electron chi connectivity index (χ1n) is 10.9. The number of aromatic nitrogens is 1. The topological polar surface area (TPSA) is 89.6 Å². The van der Waals surface area contributed by atoms with E-state index in [0.717, 1.165) is 42.7 Å². The lowest BCUT2D eigenvalue weighted by molar-refractivity contribution is -0.155. The molecule has 0 bridgehead atoms. The minimum absolute atomic E-state index is 0.0136. The first-order valence-corrected chi connectivity index (χ1v) is 10.9. The number of fused-ring (bicyclic) bond motifs is 1. The van der Waals surface area contributed by atoms with Crippen LogP contribution in [0.25, 0.3) is 0 Å². The van der Waals surface area contributed by atoms with Gasteiger partial charge in [-0.05, 0) is 58.3 Å². The average molecular weight is 408 g/mol. The van der Waals surface area contributed by atoms with Gasteiger partial charge in [0.1, 0.15) is 11.4 Å². The Hall–Kier alpha value is -1.85. The van der Waals surface area contributed by atoms with Crippen molar-refractivity contribution >= 4 is 11.9 Å². The lowest BCUT2D eigenvalue weighted by Gasteiger charge is -2.27. The highest BCUT2D eigenvalue weighted by atomic mass is 16.6. The predicted molar refractivity (Wildman–Crippen MR) is 111 cm³/mol. The molecule has 1 aromatic heterocycles. The van der Waals surface area contributed by atoms with Gasteiger partial charge in [-0.2, -0.15) is 0 Å². The van der Waals surface area contributed by atoms with Crippen molar-refractivity contribution in [2.24, 2.45) is 5.92 Å². The third-order valence-electron chi connectivity index (χ3n) is 5.61. The van der Waals surface area contributed by atoms with Crippen LogP contribution in [-0.2, 0) is 14.3 Å². The fourth-order valence-electron chi connectivity index (χ4n) is 4.16. The second-order valence-electron chi connectivity index (χ2n) is 9.91. The fourth-order valence-corrected chi connectivity index (χ4v) is 4.16. The molecule has 0 radical (unpaired) electrons. The number of hydrogen-bond acceptors (Lipinski definition) is 5. The molecule has 0 aromatic carbocycles. The molecule has 1 N–H and O–H groups in total. The molecule has 1 aromatic rings. The van der Waals surface area contributed by atoms with Crippen molar-refractivity contribution in [3.63, 3.8) is 0 Å². The van der Waals surface area contributed by atoms with E-state index in [4.69, 9.17) is 9.26 Å². The normalized spacial score (nSPS) is 20.4. The Kier molecular flexibility index (Phi) is 7.89. The molecule has 1 aliphatic rings. The fraction of sp³-hybridized carbons (Fsp3) is 0.783. The van der Waals surface area contributed by atoms with Gasteiger partial charge >= 0.3 is 11.9 Å². The number of carbonyl (C=O) groups excluding carboxylic acids is 1. The molecule has 6 nitrogen and oxygen atoms in total. The van der Waals surface area contributed by atoms with Gasteiger partial charge in [-0.25, -0.2) is 0 Å². The van der Waals surface area contributed by atoms with Gasteiger partial charge in [0.2, 0.25) is 0 Å². The Labute approximate surface area is 174 Å². The van der Waals surface area contributed by atoms with Crippen LogP contribution < -0.4 is 0 Å². The van der Waals surface area contributed by atoms with Gasteiger partial charge in [-0.1, -0.05) is 32.3 Å². The Morgan fingerprint density at radius 3 is 2.52 bits per heavy atom. The average Bonchev–Trinajstić information content (AvgIpc) is 3.02. The van der Waals surface area contributed by atoms with Crippen LogP contribution in [-0.4, -0.2) is 27.8 Å². The zero-order chi connectivity index (χ0) is 21.8. The van der Waals surface area contributed by atoms with E-state index in [9.17, 15) is 14.7 Å². The van der Waals surface area contributed by atoms with Crippen LogP contribution in [0, 0.1) is 5.92 Å². The Bertz CT molecular complexity index is 701. The molecule has 1 aliphatic carbocycles. The lowest BCUT2D eigenvalue weighted by Crippen LogP contribution is -2.25. The van der Waals surface area contributed by atoms with E-state index in [1.165, 1.54) is 0 Å². The van der Waals surface area contributed by atoms with Crippen molar-refractivity contribution in [2.45, 2.75) is 110 Å².